The molecular formula is C3H10AlClO4. The molecule has 0 aliphatic carbocycles. The lowest BCUT2D eigenvalue weighted by molar-refractivity contribution is -0.103. The Kier molecular flexibility index (Phi) is 7.47. The van der Waals surface area contributed by atoms with Crippen LogP contribution in [0.3, 0.4) is 0 Å². The van der Waals surface area contributed by atoms with Crippen LogP contribution in [0.15, 0.2) is 0 Å². The second-order valence-electron chi connectivity index (χ2n) is 1.38. The van der Waals surface area contributed by atoms with Crippen LogP contribution in [0.4, 0.5) is 0 Å². The number of halogens is 1. The maximum Gasteiger partial charge on any atom is 0.816 e. The summed E-state index contributed by atoms with van der Waals surface area (Å²) in [5.74, 6) is 0. The van der Waals surface area contributed by atoms with Crippen LogP contribution in [0.25, 0.3) is 0 Å². The summed E-state index contributed by atoms with van der Waals surface area (Å²) in [6.45, 7) is 2.00. The first-order valence-electron chi connectivity index (χ1n) is 2.28. The van der Waals surface area contributed by atoms with Gasteiger partial charge < -0.3 is 18.5 Å². The van der Waals surface area contributed by atoms with Gasteiger partial charge in [0.25, 0.3) is 0 Å². The van der Waals surface area contributed by atoms with E-state index in [0.717, 1.165) is 6.42 Å². The maximum absolute atomic E-state index is 5.42. The third-order valence-electron chi connectivity index (χ3n) is 0.851. The van der Waals surface area contributed by atoms with E-state index in [-0.39, 0.29) is 17.2 Å². The Morgan fingerprint density at radius 1 is 1.44 bits per heavy atom. The van der Waals surface area contributed by atoms with Gasteiger partial charge in [-0.3, -0.25) is 0 Å². The van der Waals surface area contributed by atoms with E-state index in [0.29, 0.717) is 0 Å². The highest BCUT2D eigenvalue weighted by Crippen LogP contribution is 2.17. The van der Waals surface area contributed by atoms with Crippen molar-refractivity contribution < 1.29 is 18.5 Å². The SMILES string of the molecule is CCC1[O][Al]([Cl])[O]1.O.O. The summed E-state index contributed by atoms with van der Waals surface area (Å²) < 4.78 is 9.94. The first-order chi connectivity index (χ1) is 3.33. The lowest BCUT2D eigenvalue weighted by atomic mass is 10.5. The summed E-state index contributed by atoms with van der Waals surface area (Å²) in [7, 11) is 5.42. The van der Waals surface area contributed by atoms with Crippen LogP contribution in [0, 0.1) is 0 Å². The predicted octanol–water partition coefficient (Wildman–Crippen LogP) is -0.656. The lowest BCUT2D eigenvalue weighted by Gasteiger charge is -2.29. The minimum atomic E-state index is -1.57. The number of rotatable bonds is 1. The van der Waals surface area contributed by atoms with Crippen molar-refractivity contribution in [3.63, 3.8) is 0 Å². The monoisotopic (exact) mass is 172 g/mol. The van der Waals surface area contributed by atoms with E-state index in [4.69, 9.17) is 17.6 Å². The van der Waals surface area contributed by atoms with E-state index in [1.807, 2.05) is 6.92 Å². The van der Waals surface area contributed by atoms with Gasteiger partial charge in [-0.05, 0) is 6.42 Å². The Morgan fingerprint density at radius 3 is 2.00 bits per heavy atom. The second-order valence-corrected chi connectivity index (χ2v) is 3.55. The molecule has 0 atom stereocenters. The average Bonchev–Trinajstić information content (AvgIpc) is 1.58. The van der Waals surface area contributed by atoms with Crippen molar-refractivity contribution >= 4 is 23.9 Å². The van der Waals surface area contributed by atoms with Crippen molar-refractivity contribution in [2.24, 2.45) is 0 Å². The molecule has 0 saturated carbocycles. The van der Waals surface area contributed by atoms with Gasteiger partial charge in [0.1, 0.15) is 6.29 Å². The highest BCUT2D eigenvalue weighted by atomic mass is 35.6. The van der Waals surface area contributed by atoms with Crippen molar-refractivity contribution in [3.8, 4) is 0 Å². The zero-order chi connectivity index (χ0) is 5.28. The molecule has 0 aromatic carbocycles. The summed E-state index contributed by atoms with van der Waals surface area (Å²) >= 11 is -1.57. The van der Waals surface area contributed by atoms with Crippen LogP contribution in [0.1, 0.15) is 13.3 Å². The van der Waals surface area contributed by atoms with Crippen LogP contribution in [-0.4, -0.2) is 31.1 Å². The summed E-state index contributed by atoms with van der Waals surface area (Å²) in [5, 5.41) is 0. The van der Waals surface area contributed by atoms with Gasteiger partial charge in [-0.25, -0.2) is 0 Å². The highest BCUT2D eigenvalue weighted by Gasteiger charge is 2.39. The van der Waals surface area contributed by atoms with Crippen LogP contribution in [0.2, 0.25) is 0 Å². The fourth-order valence-electron chi connectivity index (χ4n) is 0.441. The molecule has 1 saturated heterocycles. The van der Waals surface area contributed by atoms with Crippen LogP contribution < -0.4 is 0 Å². The maximum atomic E-state index is 5.42. The molecule has 0 aromatic rings. The fraction of sp³-hybridized carbons (Fsp3) is 1.00. The van der Waals surface area contributed by atoms with Crippen LogP contribution >= 0.6 is 10.0 Å². The Bertz CT molecular complexity index is 66.8. The van der Waals surface area contributed by atoms with E-state index in [2.05, 4.69) is 0 Å². The molecule has 1 heterocycles. The summed E-state index contributed by atoms with van der Waals surface area (Å²) in [4.78, 5) is 0. The van der Waals surface area contributed by atoms with Gasteiger partial charge in [0, 0.05) is 0 Å². The van der Waals surface area contributed by atoms with Crippen molar-refractivity contribution in [3.05, 3.63) is 0 Å². The molecular weight excluding hydrogens is 162 g/mol. The Balaban J connectivity index is 0. The molecule has 1 aliphatic rings. The quantitative estimate of drug-likeness (QED) is 0.492. The first-order valence-corrected chi connectivity index (χ1v) is 4.96. The average molecular weight is 173 g/mol. The predicted molar refractivity (Wildman–Crippen MR) is 35.1 cm³/mol. The molecule has 4 nitrogen and oxygen atoms in total. The molecule has 9 heavy (non-hydrogen) atoms. The van der Waals surface area contributed by atoms with E-state index in [1.165, 1.54) is 0 Å². The summed E-state index contributed by atoms with van der Waals surface area (Å²) in [6, 6.07) is 0. The zero-order valence-corrected chi connectivity index (χ0v) is 6.97. The van der Waals surface area contributed by atoms with Crippen LogP contribution in [-0.2, 0) is 7.58 Å². The molecule has 1 rings (SSSR count). The normalized spacial score (nSPS) is 17.3. The molecule has 4 N–H and O–H groups in total. The molecule has 56 valence electrons. The zero-order valence-electron chi connectivity index (χ0n) is 5.06. The molecule has 0 aromatic heterocycles. The van der Waals surface area contributed by atoms with Gasteiger partial charge in [-0.2, -0.15) is 10.0 Å². The van der Waals surface area contributed by atoms with E-state index < -0.39 is 13.9 Å². The van der Waals surface area contributed by atoms with Crippen molar-refractivity contribution in [1.29, 1.82) is 0 Å². The Hall–Kier alpha value is 0.662. The lowest BCUT2D eigenvalue weighted by Crippen LogP contribution is -2.40. The molecule has 1 aliphatic heterocycles. The van der Waals surface area contributed by atoms with E-state index in [1.54, 1.807) is 0 Å². The Morgan fingerprint density at radius 2 is 1.89 bits per heavy atom. The van der Waals surface area contributed by atoms with Crippen LogP contribution in [0.5, 0.6) is 0 Å². The number of hydrogen-bond acceptors (Lipinski definition) is 2. The van der Waals surface area contributed by atoms with E-state index in [9.17, 15) is 0 Å². The van der Waals surface area contributed by atoms with Gasteiger partial charge in [0.05, 0.1) is 0 Å². The first kappa shape index (κ1) is 12.3. The van der Waals surface area contributed by atoms with Crippen molar-refractivity contribution in [2.45, 2.75) is 19.6 Å². The van der Waals surface area contributed by atoms with Gasteiger partial charge in [-0.1, -0.05) is 6.92 Å². The topological polar surface area (TPSA) is 81.5 Å². The van der Waals surface area contributed by atoms with Gasteiger partial charge in [0.2, 0.25) is 0 Å². The summed E-state index contributed by atoms with van der Waals surface area (Å²) in [5.41, 5.74) is 0. The molecule has 0 bridgehead atoms. The minimum absolute atomic E-state index is 0. The molecule has 0 radical (unpaired) electrons. The molecule has 0 unspecified atom stereocenters. The number of hydrogen-bond donors (Lipinski definition) is 0. The standard InChI is InChI=1S/C3H6O2.Al.ClH.2H2O/c1-2-3(4)5;;;;/h3H,2H2,1H3;;1H;2*1H2/q-2;+3;;;/p-1. The largest absolute Gasteiger partial charge is 0.816 e. The van der Waals surface area contributed by atoms with Gasteiger partial charge in [0.15, 0.2) is 0 Å². The van der Waals surface area contributed by atoms with Crippen molar-refractivity contribution in [1.82, 2.24) is 0 Å². The fourth-order valence-corrected chi connectivity index (χ4v) is 2.01. The smallest absolute Gasteiger partial charge is 0.444 e. The summed E-state index contributed by atoms with van der Waals surface area (Å²) in [6.07, 6.45) is 0.935. The van der Waals surface area contributed by atoms with Crippen molar-refractivity contribution in [2.75, 3.05) is 0 Å². The Labute approximate surface area is 62.6 Å². The minimum Gasteiger partial charge on any atom is -0.444 e. The second kappa shape index (κ2) is 5.45. The molecule has 0 spiro atoms. The third-order valence-corrected chi connectivity index (χ3v) is 2.50. The highest BCUT2D eigenvalue weighted by molar-refractivity contribution is 7.00. The van der Waals surface area contributed by atoms with Gasteiger partial charge in [-0.15, -0.1) is 0 Å². The van der Waals surface area contributed by atoms with E-state index >= 15 is 0 Å². The molecule has 1 fully saturated rings. The van der Waals surface area contributed by atoms with Gasteiger partial charge >= 0.3 is 13.9 Å². The molecule has 6 heteroatoms. The third kappa shape index (κ3) is 3.38. The molecule has 0 amide bonds.